The summed E-state index contributed by atoms with van der Waals surface area (Å²) in [5.41, 5.74) is 7.30. The predicted octanol–water partition coefficient (Wildman–Crippen LogP) is 2.14. The maximum atomic E-state index is 14.1. The lowest BCUT2D eigenvalue weighted by molar-refractivity contribution is 0.216. The maximum Gasteiger partial charge on any atom is 0.211 e. The number of aliphatic imine (C=N–C) groups is 2. The highest BCUT2D eigenvalue weighted by Crippen LogP contribution is 2.28. The molecule has 4 N–H and O–H groups in total. The van der Waals surface area contributed by atoms with Crippen LogP contribution in [-0.2, 0) is 0 Å². The molecule has 0 radical (unpaired) electrons. The van der Waals surface area contributed by atoms with E-state index in [9.17, 15) is 4.39 Å². The van der Waals surface area contributed by atoms with Crippen molar-refractivity contribution in [2.24, 2.45) is 15.7 Å². The van der Waals surface area contributed by atoms with Crippen LogP contribution in [0.3, 0.4) is 0 Å². The second kappa shape index (κ2) is 8.77. The summed E-state index contributed by atoms with van der Waals surface area (Å²) in [6.07, 6.45) is 5.20. The molecular weight excluding hydrogens is 385 g/mol. The van der Waals surface area contributed by atoms with Crippen molar-refractivity contribution in [3.05, 3.63) is 24.0 Å². The Morgan fingerprint density at radius 3 is 2.77 bits per heavy atom. The number of ether oxygens (including phenoxy) is 1. The number of guanidine groups is 2. The average molecular weight is 418 g/mol. The van der Waals surface area contributed by atoms with Crippen LogP contribution in [0.2, 0.25) is 0 Å². The summed E-state index contributed by atoms with van der Waals surface area (Å²) in [5, 5.41) is 6.44. The molecule has 2 fully saturated rings. The quantitative estimate of drug-likeness (QED) is 0.680. The SMILES string of the molecule is CCN1CCCC1CC1(N)N=C(Nc2ccc(OC)c(F)c2)NC(N2CCCC2)=N1. The van der Waals surface area contributed by atoms with Gasteiger partial charge in [0, 0.05) is 37.3 Å². The number of nitrogens with two attached hydrogens (primary N) is 1. The number of likely N-dealkylation sites (tertiary alicyclic amines) is 2. The molecule has 9 heteroatoms. The molecule has 0 aromatic heterocycles. The fourth-order valence-electron chi connectivity index (χ4n) is 4.56. The van der Waals surface area contributed by atoms with Gasteiger partial charge in [-0.1, -0.05) is 6.92 Å². The Morgan fingerprint density at radius 2 is 2.07 bits per heavy atom. The molecule has 2 saturated heterocycles. The van der Waals surface area contributed by atoms with Crippen LogP contribution in [0.25, 0.3) is 0 Å². The number of methoxy groups -OCH3 is 1. The van der Waals surface area contributed by atoms with Crippen molar-refractivity contribution in [3.63, 3.8) is 0 Å². The number of hydrogen-bond donors (Lipinski definition) is 3. The minimum Gasteiger partial charge on any atom is -0.494 e. The van der Waals surface area contributed by atoms with Crippen LogP contribution in [0.4, 0.5) is 10.1 Å². The van der Waals surface area contributed by atoms with E-state index in [1.165, 1.54) is 19.6 Å². The van der Waals surface area contributed by atoms with Crippen molar-refractivity contribution in [2.75, 3.05) is 38.6 Å². The van der Waals surface area contributed by atoms with Gasteiger partial charge in [0.1, 0.15) is 0 Å². The fraction of sp³-hybridized carbons (Fsp3) is 0.619. The van der Waals surface area contributed by atoms with E-state index in [1.807, 2.05) is 0 Å². The first kappa shape index (κ1) is 20.9. The van der Waals surface area contributed by atoms with Gasteiger partial charge in [-0.15, -0.1) is 0 Å². The molecule has 3 aliphatic rings. The Hall–Kier alpha value is -2.39. The summed E-state index contributed by atoms with van der Waals surface area (Å²) in [5.74, 6) is -0.0650. The van der Waals surface area contributed by atoms with Crippen molar-refractivity contribution < 1.29 is 9.13 Å². The van der Waals surface area contributed by atoms with Crippen molar-refractivity contribution in [3.8, 4) is 5.75 Å². The van der Waals surface area contributed by atoms with Gasteiger partial charge < -0.3 is 19.9 Å². The summed E-state index contributed by atoms with van der Waals surface area (Å²) < 4.78 is 19.1. The van der Waals surface area contributed by atoms with Gasteiger partial charge in [-0.25, -0.2) is 14.4 Å². The Bertz CT molecular complexity index is 824. The molecule has 3 heterocycles. The van der Waals surface area contributed by atoms with Crippen LogP contribution in [0.15, 0.2) is 28.2 Å². The highest BCUT2D eigenvalue weighted by Gasteiger charge is 2.37. The third kappa shape index (κ3) is 4.52. The lowest BCUT2D eigenvalue weighted by Crippen LogP contribution is -2.55. The van der Waals surface area contributed by atoms with Crippen molar-refractivity contribution in [1.29, 1.82) is 0 Å². The molecule has 30 heavy (non-hydrogen) atoms. The highest BCUT2D eigenvalue weighted by molar-refractivity contribution is 6.06. The van der Waals surface area contributed by atoms with Crippen LogP contribution in [0.5, 0.6) is 5.75 Å². The second-order valence-corrected chi connectivity index (χ2v) is 8.20. The number of anilines is 1. The van der Waals surface area contributed by atoms with E-state index in [0.717, 1.165) is 51.4 Å². The molecule has 0 spiro atoms. The molecule has 2 atom stereocenters. The van der Waals surface area contributed by atoms with E-state index in [4.69, 9.17) is 20.5 Å². The molecule has 8 nitrogen and oxygen atoms in total. The van der Waals surface area contributed by atoms with E-state index in [-0.39, 0.29) is 5.75 Å². The van der Waals surface area contributed by atoms with Gasteiger partial charge in [-0.05, 0) is 50.9 Å². The number of nitrogens with one attached hydrogen (secondary N) is 2. The van der Waals surface area contributed by atoms with Crippen LogP contribution in [0, 0.1) is 5.82 Å². The third-order valence-corrected chi connectivity index (χ3v) is 6.10. The highest BCUT2D eigenvalue weighted by atomic mass is 19.1. The van der Waals surface area contributed by atoms with Gasteiger partial charge >= 0.3 is 0 Å². The molecule has 0 bridgehead atoms. The largest absolute Gasteiger partial charge is 0.494 e. The van der Waals surface area contributed by atoms with Gasteiger partial charge in [0.15, 0.2) is 11.6 Å². The predicted molar refractivity (Wildman–Crippen MR) is 117 cm³/mol. The normalized spacial score (nSPS) is 26.9. The lowest BCUT2D eigenvalue weighted by Gasteiger charge is -2.35. The smallest absolute Gasteiger partial charge is 0.211 e. The van der Waals surface area contributed by atoms with E-state index in [0.29, 0.717) is 24.1 Å². The topological polar surface area (TPSA) is 90.5 Å². The van der Waals surface area contributed by atoms with E-state index in [1.54, 1.807) is 12.1 Å². The van der Waals surface area contributed by atoms with Gasteiger partial charge in [0.2, 0.25) is 17.7 Å². The monoisotopic (exact) mass is 417 g/mol. The van der Waals surface area contributed by atoms with Gasteiger partial charge in [0.25, 0.3) is 0 Å². The molecule has 0 aliphatic carbocycles. The lowest BCUT2D eigenvalue weighted by atomic mass is 10.1. The summed E-state index contributed by atoms with van der Waals surface area (Å²) in [4.78, 5) is 14.2. The van der Waals surface area contributed by atoms with Crippen molar-refractivity contribution >= 4 is 17.6 Å². The van der Waals surface area contributed by atoms with E-state index < -0.39 is 11.6 Å². The van der Waals surface area contributed by atoms with Crippen LogP contribution in [0.1, 0.15) is 39.0 Å². The van der Waals surface area contributed by atoms with Crippen LogP contribution >= 0.6 is 0 Å². The Morgan fingerprint density at radius 1 is 1.27 bits per heavy atom. The molecule has 4 rings (SSSR count). The molecular formula is C21H32FN7O. The molecule has 1 aromatic carbocycles. The summed E-state index contributed by atoms with van der Waals surface area (Å²) >= 11 is 0. The second-order valence-electron chi connectivity index (χ2n) is 8.20. The van der Waals surface area contributed by atoms with Crippen LogP contribution in [-0.4, -0.2) is 66.8 Å². The molecule has 1 aromatic rings. The molecule has 2 unspecified atom stereocenters. The number of halogens is 1. The van der Waals surface area contributed by atoms with E-state index >= 15 is 0 Å². The first-order valence-corrected chi connectivity index (χ1v) is 10.8. The Kier molecular flexibility index (Phi) is 6.10. The zero-order valence-corrected chi connectivity index (χ0v) is 17.8. The van der Waals surface area contributed by atoms with Crippen molar-refractivity contribution in [2.45, 2.75) is 50.9 Å². The zero-order chi connectivity index (χ0) is 21.1. The minimum atomic E-state index is -1.06. The third-order valence-electron chi connectivity index (χ3n) is 6.10. The number of rotatable bonds is 5. The molecule has 164 valence electrons. The minimum absolute atomic E-state index is 0.201. The summed E-state index contributed by atoms with van der Waals surface area (Å²) in [6, 6.07) is 5.09. The Balaban J connectivity index is 1.58. The number of nitrogens with zero attached hydrogens (tertiary/aromatic N) is 4. The molecule has 3 aliphatic heterocycles. The van der Waals surface area contributed by atoms with Crippen LogP contribution < -0.4 is 21.1 Å². The first-order valence-electron chi connectivity index (χ1n) is 10.8. The van der Waals surface area contributed by atoms with Gasteiger partial charge in [-0.3, -0.25) is 11.1 Å². The summed E-state index contributed by atoms with van der Waals surface area (Å²) in [6.45, 7) is 6.16. The first-order chi connectivity index (χ1) is 14.5. The Labute approximate surface area is 177 Å². The van der Waals surface area contributed by atoms with Gasteiger partial charge in [-0.2, -0.15) is 0 Å². The number of benzene rings is 1. The van der Waals surface area contributed by atoms with E-state index in [2.05, 4.69) is 27.4 Å². The standard InChI is InChI=1S/C21H32FN7O/c1-3-28-12-6-7-16(28)14-21(23)26-19(25-20(27-21)29-10-4-5-11-29)24-15-8-9-18(30-2)17(22)13-15/h8-9,13,16H,3-7,10-12,14,23H2,1-2H3,(H2,24,25,26,27). The average Bonchev–Trinajstić information content (AvgIpc) is 3.39. The number of hydrogen-bond acceptors (Lipinski definition) is 8. The summed E-state index contributed by atoms with van der Waals surface area (Å²) in [7, 11) is 1.45. The molecule has 0 saturated carbocycles. The fourth-order valence-corrected chi connectivity index (χ4v) is 4.56. The molecule has 0 amide bonds. The van der Waals surface area contributed by atoms with Crippen molar-refractivity contribution in [1.82, 2.24) is 15.1 Å². The zero-order valence-electron chi connectivity index (χ0n) is 17.8. The maximum absolute atomic E-state index is 14.1. The van der Waals surface area contributed by atoms with Gasteiger partial charge in [0.05, 0.1) is 7.11 Å².